The lowest BCUT2D eigenvalue weighted by Gasteiger charge is -2.34. The van der Waals surface area contributed by atoms with Gasteiger partial charge >= 0.3 is 6.09 Å². The molecule has 0 bridgehead atoms. The Morgan fingerprint density at radius 3 is 2.67 bits per heavy atom. The first-order chi connectivity index (χ1) is 8.31. The number of nitrogens with one attached hydrogen (secondary N) is 1. The second kappa shape index (κ2) is 6.31. The minimum atomic E-state index is -0.488. The first-order valence-electron chi connectivity index (χ1n) is 6.20. The molecular weight excluding hydrogens is 252 g/mol. The van der Waals surface area contributed by atoms with Crippen LogP contribution in [0, 0.1) is 0 Å². The average molecular weight is 274 g/mol. The third-order valence-corrected chi connectivity index (χ3v) is 2.87. The van der Waals surface area contributed by atoms with Crippen molar-refractivity contribution in [1.82, 2.24) is 10.2 Å². The summed E-state index contributed by atoms with van der Waals surface area (Å²) in [6.07, 6.45) is 1.45. The predicted octanol–water partition coefficient (Wildman–Crippen LogP) is 1.43. The molecule has 0 saturated carbocycles. The Bertz CT molecular complexity index is 315. The van der Waals surface area contributed by atoms with Crippen LogP contribution in [0.15, 0.2) is 0 Å². The molecular formula is C12H22N2O3S. The van der Waals surface area contributed by atoms with Crippen LogP contribution in [-0.2, 0) is 9.53 Å². The van der Waals surface area contributed by atoms with Crippen molar-refractivity contribution < 1.29 is 14.3 Å². The van der Waals surface area contributed by atoms with Crippen LogP contribution in [-0.4, -0.2) is 47.4 Å². The van der Waals surface area contributed by atoms with Crippen molar-refractivity contribution in [3.05, 3.63) is 0 Å². The van der Waals surface area contributed by atoms with Gasteiger partial charge in [-0.05, 0) is 33.6 Å². The Morgan fingerprint density at radius 2 is 2.11 bits per heavy atom. The number of carbonyl (C=O) groups excluding carboxylic acids is 2. The van der Waals surface area contributed by atoms with E-state index in [1.165, 1.54) is 0 Å². The van der Waals surface area contributed by atoms with Crippen LogP contribution in [0.5, 0.6) is 0 Å². The van der Waals surface area contributed by atoms with Gasteiger partial charge in [0.1, 0.15) is 5.60 Å². The monoisotopic (exact) mass is 274 g/mol. The number of amides is 2. The van der Waals surface area contributed by atoms with E-state index in [9.17, 15) is 9.59 Å². The SMILES string of the molecule is CC(C)(C)OC(=O)N1CCC[C@H](NC(=O)CS)C1. The van der Waals surface area contributed by atoms with Gasteiger partial charge in [0.25, 0.3) is 0 Å². The zero-order valence-corrected chi connectivity index (χ0v) is 12.1. The van der Waals surface area contributed by atoms with E-state index in [-0.39, 0.29) is 23.8 Å². The van der Waals surface area contributed by atoms with Crippen molar-refractivity contribution in [3.8, 4) is 0 Å². The average Bonchev–Trinajstić information content (AvgIpc) is 2.27. The zero-order valence-electron chi connectivity index (χ0n) is 11.2. The van der Waals surface area contributed by atoms with Crippen LogP contribution in [0.3, 0.4) is 0 Å². The number of nitrogens with zero attached hydrogens (tertiary/aromatic N) is 1. The Labute approximate surface area is 114 Å². The lowest BCUT2D eigenvalue weighted by Crippen LogP contribution is -2.50. The number of hydrogen-bond donors (Lipinski definition) is 2. The van der Waals surface area contributed by atoms with E-state index in [2.05, 4.69) is 17.9 Å². The molecule has 0 unspecified atom stereocenters. The van der Waals surface area contributed by atoms with Gasteiger partial charge in [0, 0.05) is 19.1 Å². The Morgan fingerprint density at radius 1 is 1.44 bits per heavy atom. The summed E-state index contributed by atoms with van der Waals surface area (Å²) in [4.78, 5) is 24.8. The van der Waals surface area contributed by atoms with Crippen molar-refractivity contribution in [3.63, 3.8) is 0 Å². The van der Waals surface area contributed by atoms with Crippen LogP contribution in [0.4, 0.5) is 4.79 Å². The number of carbonyl (C=O) groups is 2. The third-order valence-electron chi connectivity index (χ3n) is 2.58. The summed E-state index contributed by atoms with van der Waals surface area (Å²) in [6, 6.07) is 0.00548. The van der Waals surface area contributed by atoms with Gasteiger partial charge in [0.2, 0.25) is 5.91 Å². The summed E-state index contributed by atoms with van der Waals surface area (Å²) in [5.41, 5.74) is -0.488. The van der Waals surface area contributed by atoms with Gasteiger partial charge in [0.05, 0.1) is 5.75 Å². The second-order valence-corrected chi connectivity index (χ2v) is 5.81. The number of hydrogen-bond acceptors (Lipinski definition) is 4. The van der Waals surface area contributed by atoms with Gasteiger partial charge in [-0.2, -0.15) is 12.6 Å². The molecule has 0 aliphatic carbocycles. The van der Waals surface area contributed by atoms with Crippen LogP contribution < -0.4 is 5.32 Å². The van der Waals surface area contributed by atoms with Gasteiger partial charge in [-0.1, -0.05) is 0 Å². The maximum Gasteiger partial charge on any atom is 0.410 e. The van der Waals surface area contributed by atoms with E-state index in [0.29, 0.717) is 13.1 Å². The van der Waals surface area contributed by atoms with E-state index >= 15 is 0 Å². The van der Waals surface area contributed by atoms with E-state index < -0.39 is 5.60 Å². The lowest BCUT2D eigenvalue weighted by molar-refractivity contribution is -0.119. The Balaban J connectivity index is 2.48. The molecule has 18 heavy (non-hydrogen) atoms. The first kappa shape index (κ1) is 15.1. The number of likely N-dealkylation sites (tertiary alicyclic amines) is 1. The molecule has 6 heteroatoms. The molecule has 0 radical (unpaired) electrons. The summed E-state index contributed by atoms with van der Waals surface area (Å²) < 4.78 is 5.32. The highest BCUT2D eigenvalue weighted by Gasteiger charge is 2.27. The van der Waals surface area contributed by atoms with Crippen molar-refractivity contribution in [2.24, 2.45) is 0 Å². The summed E-state index contributed by atoms with van der Waals surface area (Å²) in [5, 5.41) is 2.85. The van der Waals surface area contributed by atoms with Crippen LogP contribution >= 0.6 is 12.6 Å². The van der Waals surface area contributed by atoms with Crippen LogP contribution in [0.1, 0.15) is 33.6 Å². The van der Waals surface area contributed by atoms with E-state index in [0.717, 1.165) is 12.8 Å². The fourth-order valence-corrected chi connectivity index (χ4v) is 1.95. The molecule has 1 aliphatic heterocycles. The molecule has 0 spiro atoms. The van der Waals surface area contributed by atoms with E-state index in [4.69, 9.17) is 4.74 Å². The van der Waals surface area contributed by atoms with Crippen LogP contribution in [0.25, 0.3) is 0 Å². The van der Waals surface area contributed by atoms with Crippen LogP contribution in [0.2, 0.25) is 0 Å². The maximum atomic E-state index is 11.9. The highest BCUT2D eigenvalue weighted by atomic mass is 32.1. The second-order valence-electron chi connectivity index (χ2n) is 5.49. The molecule has 0 aromatic heterocycles. The molecule has 104 valence electrons. The molecule has 1 atom stereocenters. The van der Waals surface area contributed by atoms with Crippen molar-refractivity contribution in [2.75, 3.05) is 18.8 Å². The summed E-state index contributed by atoms with van der Waals surface area (Å²) in [6.45, 7) is 6.72. The molecule has 1 fully saturated rings. The third kappa shape index (κ3) is 5.16. The lowest BCUT2D eigenvalue weighted by atomic mass is 10.1. The minimum absolute atomic E-state index is 0.00548. The molecule has 0 aromatic rings. The standard InChI is InChI=1S/C12H22N2O3S/c1-12(2,3)17-11(16)14-6-4-5-9(7-14)13-10(15)8-18/h9,18H,4-8H2,1-3H3,(H,13,15)/t9-/m0/s1. The molecule has 2 amide bonds. The van der Waals surface area contributed by atoms with Crippen molar-refractivity contribution >= 4 is 24.6 Å². The van der Waals surface area contributed by atoms with Gasteiger partial charge in [-0.25, -0.2) is 4.79 Å². The maximum absolute atomic E-state index is 11.9. The molecule has 1 saturated heterocycles. The predicted molar refractivity (Wildman–Crippen MR) is 72.8 cm³/mol. The number of ether oxygens (including phenoxy) is 1. The molecule has 0 aromatic carbocycles. The van der Waals surface area contributed by atoms with Crippen molar-refractivity contribution in [1.29, 1.82) is 0 Å². The molecule has 1 N–H and O–H groups in total. The quantitative estimate of drug-likeness (QED) is 0.749. The first-order valence-corrected chi connectivity index (χ1v) is 6.83. The Kier molecular flexibility index (Phi) is 5.31. The fraction of sp³-hybridized carbons (Fsp3) is 0.833. The highest BCUT2D eigenvalue weighted by molar-refractivity contribution is 7.81. The number of thiol groups is 1. The van der Waals surface area contributed by atoms with Gasteiger partial charge in [-0.15, -0.1) is 0 Å². The minimum Gasteiger partial charge on any atom is -0.444 e. The molecule has 1 heterocycles. The number of rotatable bonds is 2. The largest absolute Gasteiger partial charge is 0.444 e. The fourth-order valence-electron chi connectivity index (χ4n) is 1.86. The van der Waals surface area contributed by atoms with Gasteiger partial charge in [-0.3, -0.25) is 4.79 Å². The summed E-state index contributed by atoms with van der Waals surface area (Å²) >= 11 is 3.92. The smallest absolute Gasteiger partial charge is 0.410 e. The van der Waals surface area contributed by atoms with Gasteiger partial charge < -0.3 is 15.0 Å². The van der Waals surface area contributed by atoms with Gasteiger partial charge in [0.15, 0.2) is 0 Å². The summed E-state index contributed by atoms with van der Waals surface area (Å²) in [7, 11) is 0. The van der Waals surface area contributed by atoms with E-state index in [1.54, 1.807) is 4.90 Å². The topological polar surface area (TPSA) is 58.6 Å². The zero-order chi connectivity index (χ0) is 13.8. The Hall–Kier alpha value is -0.910. The normalized spacial score (nSPS) is 20.4. The highest BCUT2D eigenvalue weighted by Crippen LogP contribution is 2.15. The number of piperidine rings is 1. The van der Waals surface area contributed by atoms with E-state index in [1.807, 2.05) is 20.8 Å². The summed E-state index contributed by atoms with van der Waals surface area (Å²) in [5.74, 6) is 0.0671. The molecule has 1 rings (SSSR count). The molecule has 1 aliphatic rings. The van der Waals surface area contributed by atoms with Crippen molar-refractivity contribution in [2.45, 2.75) is 45.3 Å². The molecule has 5 nitrogen and oxygen atoms in total.